The van der Waals surface area contributed by atoms with E-state index in [1.807, 2.05) is 60.8 Å². The highest BCUT2D eigenvalue weighted by Gasteiger charge is 2.59. The van der Waals surface area contributed by atoms with Crippen LogP contribution in [0.5, 0.6) is 0 Å². The van der Waals surface area contributed by atoms with Gasteiger partial charge in [0.25, 0.3) is 5.91 Å². The summed E-state index contributed by atoms with van der Waals surface area (Å²) in [4.78, 5) is 47.0. The molecule has 1 aromatic heterocycles. The number of aromatic amines is 1. The van der Waals surface area contributed by atoms with Crippen molar-refractivity contribution in [2.75, 3.05) is 6.54 Å². The van der Waals surface area contributed by atoms with Gasteiger partial charge in [0.05, 0.1) is 6.42 Å². The van der Waals surface area contributed by atoms with Crippen LogP contribution in [-0.2, 0) is 22.4 Å². The van der Waals surface area contributed by atoms with Crippen LogP contribution in [0.1, 0.15) is 56.1 Å². The number of carboxylic acid groups (broad SMARTS) is 1. The molecule has 2 saturated carbocycles. The van der Waals surface area contributed by atoms with Gasteiger partial charge in [0, 0.05) is 36.1 Å². The summed E-state index contributed by atoms with van der Waals surface area (Å²) in [5.74, 6) is 0.228. The molecule has 204 valence electrons. The molecule has 7 nitrogen and oxygen atoms in total. The number of fused-ring (bicyclic) bond motifs is 3. The van der Waals surface area contributed by atoms with Crippen molar-refractivity contribution in [3.05, 3.63) is 79.3 Å². The number of H-pyrrole nitrogens is 1. The number of likely N-dealkylation sites (tertiary alicyclic amines) is 1. The van der Waals surface area contributed by atoms with Gasteiger partial charge in [0.2, 0.25) is 5.91 Å². The first kappa shape index (κ1) is 27.0. The van der Waals surface area contributed by atoms with Crippen LogP contribution >= 0.6 is 0 Å². The average molecular weight is 528 g/mol. The minimum absolute atomic E-state index is 0. The van der Waals surface area contributed by atoms with Crippen molar-refractivity contribution in [1.29, 1.82) is 0 Å². The third kappa shape index (κ3) is 4.83. The smallest absolute Gasteiger partial charge is 0.408 e. The molecule has 6 rings (SSSR count). The number of imide groups is 1. The zero-order chi connectivity index (χ0) is 26.3. The first-order chi connectivity index (χ1) is 18.5. The number of nitrogens with one attached hydrogen (secondary N) is 1. The zero-order valence-corrected chi connectivity index (χ0v) is 22.4. The van der Waals surface area contributed by atoms with Gasteiger partial charge in [0.1, 0.15) is 5.54 Å². The van der Waals surface area contributed by atoms with Gasteiger partial charge < -0.3 is 10.1 Å². The first-order valence-electron chi connectivity index (χ1n) is 13.9. The lowest BCUT2D eigenvalue weighted by Crippen LogP contribution is -2.63. The number of nitrogens with zero attached hydrogens (tertiary/aromatic N) is 2. The third-order valence-electron chi connectivity index (χ3n) is 9.25. The summed E-state index contributed by atoms with van der Waals surface area (Å²) in [7, 11) is 0. The van der Waals surface area contributed by atoms with E-state index in [1.165, 1.54) is 16.2 Å². The number of carbonyl (C=O) groups is 3. The quantitative estimate of drug-likeness (QED) is 0.384. The molecule has 2 bridgehead atoms. The SMILES string of the molecule is O=C1CC(Cc2c[nH]c3ccccc23)(N(C(=O)O)C2CCC3CCCC2C3)C(=O)N1CCc1ccccc1.[CH2]. The van der Waals surface area contributed by atoms with Crippen molar-refractivity contribution in [1.82, 2.24) is 14.8 Å². The number of para-hydroxylation sites is 1. The normalized spacial score (nSPS) is 26.5. The van der Waals surface area contributed by atoms with E-state index in [1.54, 1.807) is 0 Å². The number of carbonyl (C=O) groups excluding carboxylic acids is 2. The Balaban J connectivity index is 0.00000308. The van der Waals surface area contributed by atoms with Crippen LogP contribution in [0.3, 0.4) is 0 Å². The van der Waals surface area contributed by atoms with Gasteiger partial charge >= 0.3 is 6.09 Å². The molecule has 1 saturated heterocycles. The van der Waals surface area contributed by atoms with Crippen molar-refractivity contribution in [2.45, 2.75) is 69.4 Å². The van der Waals surface area contributed by atoms with Gasteiger partial charge in [-0.2, -0.15) is 0 Å². The molecule has 3 amide bonds. The summed E-state index contributed by atoms with van der Waals surface area (Å²) < 4.78 is 0. The van der Waals surface area contributed by atoms with Gasteiger partial charge in [-0.1, -0.05) is 68.8 Å². The van der Waals surface area contributed by atoms with E-state index in [0.29, 0.717) is 12.3 Å². The molecule has 4 atom stereocenters. The van der Waals surface area contributed by atoms with Gasteiger partial charge in [-0.05, 0) is 61.1 Å². The Morgan fingerprint density at radius 1 is 1.03 bits per heavy atom. The summed E-state index contributed by atoms with van der Waals surface area (Å²) >= 11 is 0. The largest absolute Gasteiger partial charge is 0.465 e. The number of amides is 3. The Morgan fingerprint density at radius 3 is 2.59 bits per heavy atom. The molecule has 3 aromatic rings. The highest BCUT2D eigenvalue weighted by molar-refractivity contribution is 6.10. The number of rotatable bonds is 7. The van der Waals surface area contributed by atoms with Crippen LogP contribution in [0.4, 0.5) is 4.79 Å². The van der Waals surface area contributed by atoms with Crippen molar-refractivity contribution in [2.24, 2.45) is 11.8 Å². The molecule has 4 unspecified atom stereocenters. The van der Waals surface area contributed by atoms with Crippen LogP contribution < -0.4 is 0 Å². The predicted molar refractivity (Wildman–Crippen MR) is 150 cm³/mol. The maximum Gasteiger partial charge on any atom is 0.408 e. The summed E-state index contributed by atoms with van der Waals surface area (Å²) in [5, 5.41) is 11.7. The van der Waals surface area contributed by atoms with Gasteiger partial charge in [-0.3, -0.25) is 19.4 Å². The average Bonchev–Trinajstić information content (AvgIpc) is 3.43. The highest BCUT2D eigenvalue weighted by Crippen LogP contribution is 2.46. The molecule has 2 radical (unpaired) electrons. The van der Waals surface area contributed by atoms with Crippen molar-refractivity contribution in [3.8, 4) is 0 Å². The summed E-state index contributed by atoms with van der Waals surface area (Å²) in [6.45, 7) is 0.251. The maximum atomic E-state index is 14.4. The van der Waals surface area contributed by atoms with Crippen LogP contribution in [0.15, 0.2) is 60.8 Å². The van der Waals surface area contributed by atoms with E-state index in [9.17, 15) is 19.5 Å². The fraction of sp³-hybridized carbons (Fsp3) is 0.438. The molecule has 1 aliphatic heterocycles. The van der Waals surface area contributed by atoms with Gasteiger partial charge in [0.15, 0.2) is 0 Å². The van der Waals surface area contributed by atoms with Gasteiger partial charge in [-0.15, -0.1) is 0 Å². The Kier molecular flexibility index (Phi) is 7.52. The molecule has 3 aliphatic rings. The molecular weight excluding hydrogens is 490 g/mol. The second-order valence-electron chi connectivity index (χ2n) is 11.4. The van der Waals surface area contributed by atoms with Crippen LogP contribution in [-0.4, -0.2) is 55.9 Å². The van der Waals surface area contributed by atoms with E-state index >= 15 is 0 Å². The van der Waals surface area contributed by atoms with E-state index in [4.69, 9.17) is 0 Å². The Hall–Kier alpha value is -3.61. The molecule has 2 heterocycles. The molecule has 2 aromatic carbocycles. The number of hydrogen-bond acceptors (Lipinski definition) is 3. The number of aromatic nitrogens is 1. The number of hydrogen-bond donors (Lipinski definition) is 2. The lowest BCUT2D eigenvalue weighted by atomic mass is 9.68. The van der Waals surface area contributed by atoms with E-state index in [0.717, 1.165) is 54.1 Å². The molecule has 0 spiro atoms. The molecule has 39 heavy (non-hydrogen) atoms. The van der Waals surface area contributed by atoms with Crippen LogP contribution in [0.2, 0.25) is 0 Å². The summed E-state index contributed by atoms with van der Waals surface area (Å²) in [6.07, 6.45) is 7.43. The monoisotopic (exact) mass is 527 g/mol. The predicted octanol–water partition coefficient (Wildman–Crippen LogP) is 5.73. The molecule has 7 heteroatoms. The standard InChI is InChI=1S/C31H35N3O4.CH2/c35-28-19-31(18-24-20-32-26-12-5-4-11-25(24)26,29(36)33(28)16-15-21-7-2-1-3-8-21)34(30(37)38)27-14-13-22-9-6-10-23(27)17-22;/h1-5,7-8,11-12,20,22-23,27,32H,6,9-10,13-19H2,(H,37,38);1H2. The van der Waals surface area contributed by atoms with Crippen molar-refractivity contribution >= 4 is 28.8 Å². The van der Waals surface area contributed by atoms with E-state index in [-0.39, 0.29) is 50.6 Å². The Bertz CT molecular complexity index is 1350. The Labute approximate surface area is 230 Å². The highest BCUT2D eigenvalue weighted by atomic mass is 16.4. The minimum Gasteiger partial charge on any atom is -0.465 e. The Morgan fingerprint density at radius 2 is 1.79 bits per heavy atom. The second-order valence-corrected chi connectivity index (χ2v) is 11.4. The first-order valence-corrected chi connectivity index (χ1v) is 13.9. The summed E-state index contributed by atoms with van der Waals surface area (Å²) in [6, 6.07) is 17.4. The fourth-order valence-corrected chi connectivity index (χ4v) is 7.47. The van der Waals surface area contributed by atoms with E-state index in [2.05, 4.69) is 4.98 Å². The lowest BCUT2D eigenvalue weighted by Gasteiger charge is -2.49. The van der Waals surface area contributed by atoms with E-state index < -0.39 is 11.6 Å². The minimum atomic E-state index is -1.44. The second kappa shape index (κ2) is 10.9. The fourth-order valence-electron chi connectivity index (χ4n) is 7.47. The molecule has 3 fully saturated rings. The number of benzene rings is 2. The topological polar surface area (TPSA) is 93.7 Å². The lowest BCUT2D eigenvalue weighted by molar-refractivity contribution is -0.143. The molecule has 2 N–H and O–H groups in total. The zero-order valence-electron chi connectivity index (χ0n) is 22.4. The molecule has 2 aliphatic carbocycles. The van der Waals surface area contributed by atoms with Gasteiger partial charge in [-0.25, -0.2) is 4.79 Å². The van der Waals surface area contributed by atoms with Crippen molar-refractivity contribution in [3.63, 3.8) is 0 Å². The maximum absolute atomic E-state index is 14.4. The summed E-state index contributed by atoms with van der Waals surface area (Å²) in [5.41, 5.74) is 1.40. The van der Waals surface area contributed by atoms with Crippen molar-refractivity contribution < 1.29 is 19.5 Å². The molecular formula is C32H37N3O4. The third-order valence-corrected chi connectivity index (χ3v) is 9.25. The van der Waals surface area contributed by atoms with Crippen LogP contribution in [0.25, 0.3) is 10.9 Å². The van der Waals surface area contributed by atoms with Crippen LogP contribution in [0, 0.1) is 19.3 Å².